The highest BCUT2D eigenvalue weighted by molar-refractivity contribution is 9.09. The predicted octanol–water partition coefficient (Wildman–Crippen LogP) is 2.92. The van der Waals surface area contributed by atoms with Gasteiger partial charge >= 0.3 is 0 Å². The molecule has 2 atom stereocenters. The molecule has 1 aliphatic rings. The van der Waals surface area contributed by atoms with Crippen molar-refractivity contribution in [1.29, 1.82) is 0 Å². The Morgan fingerprint density at radius 3 is 2.63 bits per heavy atom. The lowest BCUT2D eigenvalue weighted by Crippen LogP contribution is -2.31. The van der Waals surface area contributed by atoms with Crippen molar-refractivity contribution in [3.05, 3.63) is 30.1 Å². The lowest BCUT2D eigenvalue weighted by atomic mass is 9.99. The van der Waals surface area contributed by atoms with E-state index < -0.39 is 15.8 Å². The number of halogens is 2. The molecule has 0 aromatic heterocycles. The molecular weight excluding hydrogens is 333 g/mol. The molecule has 6 heteroatoms. The molecule has 3 nitrogen and oxygen atoms in total. The molecule has 1 saturated carbocycles. The van der Waals surface area contributed by atoms with E-state index in [1.807, 2.05) is 0 Å². The molecule has 0 bridgehead atoms. The fraction of sp³-hybridized carbons (Fsp3) is 0.538. The molecule has 2 rings (SSSR count). The highest BCUT2D eigenvalue weighted by atomic mass is 79.9. The highest BCUT2D eigenvalue weighted by Gasteiger charge is 2.28. The van der Waals surface area contributed by atoms with Crippen LogP contribution in [0.15, 0.2) is 29.2 Å². The number of nitrogens with one attached hydrogen (secondary N) is 1. The fourth-order valence-corrected chi connectivity index (χ4v) is 4.57. The van der Waals surface area contributed by atoms with Gasteiger partial charge in [0.25, 0.3) is 0 Å². The van der Waals surface area contributed by atoms with Gasteiger partial charge in [-0.25, -0.2) is 17.5 Å². The Labute approximate surface area is 121 Å². The van der Waals surface area contributed by atoms with Crippen molar-refractivity contribution < 1.29 is 12.8 Å². The molecule has 2 unspecified atom stereocenters. The van der Waals surface area contributed by atoms with Crippen LogP contribution in [-0.4, -0.2) is 20.3 Å². The molecule has 0 radical (unpaired) electrons. The maximum absolute atomic E-state index is 13.5. The Bertz CT molecular complexity index is 535. The van der Waals surface area contributed by atoms with Crippen LogP contribution in [0, 0.1) is 17.7 Å². The van der Waals surface area contributed by atoms with Crippen molar-refractivity contribution in [3.63, 3.8) is 0 Å². The molecule has 0 aliphatic heterocycles. The average molecular weight is 350 g/mol. The van der Waals surface area contributed by atoms with Gasteiger partial charge in [-0.2, -0.15) is 0 Å². The number of sulfonamides is 1. The Balaban J connectivity index is 2.04. The number of benzene rings is 1. The molecule has 1 aliphatic carbocycles. The van der Waals surface area contributed by atoms with E-state index in [1.165, 1.54) is 18.2 Å². The van der Waals surface area contributed by atoms with Crippen molar-refractivity contribution in [2.45, 2.75) is 24.2 Å². The summed E-state index contributed by atoms with van der Waals surface area (Å²) in [7, 11) is -3.75. The van der Waals surface area contributed by atoms with Crippen LogP contribution in [0.5, 0.6) is 0 Å². The summed E-state index contributed by atoms with van der Waals surface area (Å²) in [5, 5.41) is 0.888. The minimum Gasteiger partial charge on any atom is -0.211 e. The predicted molar refractivity (Wildman–Crippen MR) is 76.2 cm³/mol. The maximum atomic E-state index is 13.5. The highest BCUT2D eigenvalue weighted by Crippen LogP contribution is 2.32. The summed E-state index contributed by atoms with van der Waals surface area (Å²) >= 11 is 3.46. The van der Waals surface area contributed by atoms with Crippen molar-refractivity contribution in [2.75, 3.05) is 11.9 Å². The Morgan fingerprint density at radius 1 is 1.26 bits per heavy atom. The lowest BCUT2D eigenvalue weighted by molar-refractivity contribution is 0.421. The first-order valence-electron chi connectivity index (χ1n) is 6.35. The minimum atomic E-state index is -3.75. The van der Waals surface area contributed by atoms with Crippen molar-refractivity contribution in [2.24, 2.45) is 11.8 Å². The smallest absolute Gasteiger partial charge is 0.211 e. The van der Waals surface area contributed by atoms with Crippen molar-refractivity contribution in [3.8, 4) is 0 Å². The maximum Gasteiger partial charge on any atom is 0.243 e. The molecule has 0 spiro atoms. The monoisotopic (exact) mass is 349 g/mol. The summed E-state index contributed by atoms with van der Waals surface area (Å²) in [4.78, 5) is -0.275. The van der Waals surface area contributed by atoms with Gasteiger partial charge in [0.1, 0.15) is 10.7 Å². The first-order valence-corrected chi connectivity index (χ1v) is 8.95. The van der Waals surface area contributed by atoms with Gasteiger partial charge < -0.3 is 0 Å². The zero-order valence-corrected chi connectivity index (χ0v) is 12.9. The number of rotatable bonds is 5. The standard InChI is InChI=1S/C13H17BrFNO2S/c14-8-10-4-3-5-11(10)9-16-19(17,18)13-7-2-1-6-12(13)15/h1-2,6-7,10-11,16H,3-5,8-9H2. The van der Waals surface area contributed by atoms with Gasteiger partial charge in [-0.1, -0.05) is 34.5 Å². The Morgan fingerprint density at radius 2 is 1.95 bits per heavy atom. The van der Waals surface area contributed by atoms with Crippen LogP contribution >= 0.6 is 15.9 Å². The number of hydrogen-bond donors (Lipinski definition) is 1. The first kappa shape index (κ1) is 14.9. The molecule has 19 heavy (non-hydrogen) atoms. The minimum absolute atomic E-state index is 0.275. The van der Waals surface area contributed by atoms with Crippen LogP contribution in [0.4, 0.5) is 4.39 Å². The molecule has 0 amide bonds. The fourth-order valence-electron chi connectivity index (χ4n) is 2.54. The van der Waals surface area contributed by atoms with E-state index in [4.69, 9.17) is 0 Å². The van der Waals surface area contributed by atoms with Crippen LogP contribution in [-0.2, 0) is 10.0 Å². The molecule has 1 N–H and O–H groups in total. The van der Waals surface area contributed by atoms with Crippen molar-refractivity contribution in [1.82, 2.24) is 4.72 Å². The van der Waals surface area contributed by atoms with Gasteiger partial charge in [0.15, 0.2) is 0 Å². The third-order valence-corrected chi connectivity index (χ3v) is 5.96. The summed E-state index contributed by atoms with van der Waals surface area (Å²) in [6.07, 6.45) is 3.27. The largest absolute Gasteiger partial charge is 0.243 e. The molecule has 1 aromatic carbocycles. The van der Waals surface area contributed by atoms with E-state index >= 15 is 0 Å². The molecule has 106 valence electrons. The molecule has 0 heterocycles. The van der Waals surface area contributed by atoms with Gasteiger partial charge in [0.05, 0.1) is 0 Å². The lowest BCUT2D eigenvalue weighted by Gasteiger charge is -2.17. The van der Waals surface area contributed by atoms with Crippen LogP contribution in [0.2, 0.25) is 0 Å². The van der Waals surface area contributed by atoms with Crippen LogP contribution in [0.25, 0.3) is 0 Å². The first-order chi connectivity index (χ1) is 9.04. The van der Waals surface area contributed by atoms with E-state index in [1.54, 1.807) is 0 Å². The van der Waals surface area contributed by atoms with Gasteiger partial charge in [-0.05, 0) is 36.8 Å². The summed E-state index contributed by atoms with van der Waals surface area (Å²) in [5.74, 6) is 0.128. The summed E-state index contributed by atoms with van der Waals surface area (Å²) < 4.78 is 40.1. The number of hydrogen-bond acceptors (Lipinski definition) is 2. The van der Waals surface area contributed by atoms with E-state index in [0.717, 1.165) is 30.7 Å². The van der Waals surface area contributed by atoms with Gasteiger partial charge in [-0.3, -0.25) is 0 Å². The molecule has 0 saturated heterocycles. The third kappa shape index (κ3) is 3.55. The van der Waals surface area contributed by atoms with Crippen molar-refractivity contribution >= 4 is 26.0 Å². The topological polar surface area (TPSA) is 46.2 Å². The Hall–Kier alpha value is -0.460. The zero-order chi connectivity index (χ0) is 13.9. The van der Waals surface area contributed by atoms with E-state index in [2.05, 4.69) is 20.7 Å². The quantitative estimate of drug-likeness (QED) is 0.830. The van der Waals surface area contributed by atoms with E-state index in [9.17, 15) is 12.8 Å². The second-order valence-corrected chi connectivity index (χ2v) is 7.27. The average Bonchev–Trinajstić information content (AvgIpc) is 2.84. The van der Waals surface area contributed by atoms with Crippen LogP contribution < -0.4 is 4.72 Å². The normalized spacial score (nSPS) is 23.7. The second-order valence-electron chi connectivity index (χ2n) is 4.89. The number of alkyl halides is 1. The summed E-state index contributed by atoms with van der Waals surface area (Å²) in [5.41, 5.74) is 0. The molecule has 1 fully saturated rings. The SMILES string of the molecule is O=S(=O)(NCC1CCCC1CBr)c1ccccc1F. The molecule has 1 aromatic rings. The summed E-state index contributed by atoms with van der Waals surface area (Å²) in [6, 6.07) is 5.44. The van der Waals surface area contributed by atoms with Gasteiger partial charge in [0.2, 0.25) is 10.0 Å². The second kappa shape index (κ2) is 6.33. The Kier molecular flexibility index (Phi) is 4.97. The van der Waals surface area contributed by atoms with Gasteiger partial charge in [-0.15, -0.1) is 0 Å². The third-order valence-electron chi connectivity index (χ3n) is 3.68. The van der Waals surface area contributed by atoms with Gasteiger partial charge in [0, 0.05) is 11.9 Å². The van der Waals surface area contributed by atoms with E-state index in [-0.39, 0.29) is 4.90 Å². The van der Waals surface area contributed by atoms with E-state index in [0.29, 0.717) is 18.4 Å². The molecular formula is C13H17BrFNO2S. The van der Waals surface area contributed by atoms with Crippen LogP contribution in [0.3, 0.4) is 0 Å². The summed E-state index contributed by atoms with van der Waals surface area (Å²) in [6.45, 7) is 0.382. The zero-order valence-electron chi connectivity index (χ0n) is 10.5. The van der Waals surface area contributed by atoms with Crippen LogP contribution in [0.1, 0.15) is 19.3 Å².